The minimum Gasteiger partial charge on any atom is -0.344 e. The quantitative estimate of drug-likeness (QED) is 0.217. The summed E-state index contributed by atoms with van der Waals surface area (Å²) in [6.45, 7) is 0. The molecule has 0 aliphatic rings. The molecule has 0 heterocycles. The van der Waals surface area contributed by atoms with Gasteiger partial charge in [-0.05, 0) is 76.1 Å². The zero-order valence-corrected chi connectivity index (χ0v) is 21.8. The molecule has 0 unspecified atom stereocenters. The van der Waals surface area contributed by atoms with Crippen LogP contribution in [0.15, 0.2) is 152 Å². The maximum absolute atomic E-state index is 2.32. The summed E-state index contributed by atoms with van der Waals surface area (Å²) in [5.41, 5.74) is 5.77. The highest BCUT2D eigenvalue weighted by molar-refractivity contribution is 6.12. The van der Waals surface area contributed by atoms with E-state index in [-0.39, 0.29) is 0 Å². The van der Waals surface area contributed by atoms with Crippen LogP contribution in [0, 0.1) is 0 Å². The molecule has 0 aliphatic carbocycles. The molecule has 7 rings (SSSR count). The lowest BCUT2D eigenvalue weighted by molar-refractivity contribution is 1.22. The lowest BCUT2D eigenvalue weighted by atomic mass is 10.00. The predicted molar refractivity (Wildman–Crippen MR) is 168 cm³/mol. The molecular formula is C37H28N2. The highest BCUT2D eigenvalue weighted by atomic mass is 15.1. The second-order valence-electron chi connectivity index (χ2n) is 9.95. The molecule has 186 valence electrons. The zero-order valence-electron chi connectivity index (χ0n) is 21.8. The number of fused-ring (bicyclic) bond motifs is 3. The van der Waals surface area contributed by atoms with Gasteiger partial charge in [-0.15, -0.1) is 0 Å². The number of hydrogen-bond donors (Lipinski definition) is 0. The van der Waals surface area contributed by atoms with Crippen LogP contribution in [0.3, 0.4) is 0 Å². The summed E-state index contributed by atoms with van der Waals surface area (Å²) in [4.78, 5) is 4.64. The van der Waals surface area contributed by atoms with Crippen molar-refractivity contribution in [1.29, 1.82) is 0 Å². The second-order valence-corrected chi connectivity index (χ2v) is 9.95. The summed E-state index contributed by atoms with van der Waals surface area (Å²) in [5.74, 6) is 0. The molecule has 0 atom stereocenters. The molecule has 0 N–H and O–H groups in total. The van der Waals surface area contributed by atoms with E-state index in [0.29, 0.717) is 0 Å². The molecule has 0 aromatic heterocycles. The van der Waals surface area contributed by atoms with Crippen molar-refractivity contribution in [2.75, 3.05) is 16.8 Å². The number of para-hydroxylation sites is 1. The van der Waals surface area contributed by atoms with Crippen molar-refractivity contribution < 1.29 is 0 Å². The van der Waals surface area contributed by atoms with E-state index in [2.05, 4.69) is 169 Å². The molecule has 7 aromatic rings. The van der Waals surface area contributed by atoms with E-state index in [1.165, 1.54) is 38.0 Å². The Bertz CT molecular complexity index is 1870. The van der Waals surface area contributed by atoms with E-state index in [9.17, 15) is 0 Å². The van der Waals surface area contributed by atoms with Crippen LogP contribution in [-0.2, 0) is 0 Å². The van der Waals surface area contributed by atoms with Gasteiger partial charge in [0.15, 0.2) is 0 Å². The Morgan fingerprint density at radius 2 is 0.846 bits per heavy atom. The Kier molecular flexibility index (Phi) is 5.71. The molecule has 0 aliphatic heterocycles. The molecule has 7 aromatic carbocycles. The van der Waals surface area contributed by atoms with Crippen LogP contribution in [0.25, 0.3) is 32.3 Å². The van der Waals surface area contributed by atoms with Gasteiger partial charge in [0.05, 0.1) is 5.69 Å². The third-order valence-electron chi connectivity index (χ3n) is 7.58. The average molecular weight is 501 g/mol. The highest BCUT2D eigenvalue weighted by Gasteiger charge is 2.16. The SMILES string of the molecule is CN(c1ccc(N(c2ccccc2)c2ccc3ccccc3c2)cc1)c1c2ccccc2cc2ccccc12. The Morgan fingerprint density at radius 1 is 0.359 bits per heavy atom. The Balaban J connectivity index is 1.33. The van der Waals surface area contributed by atoms with E-state index < -0.39 is 0 Å². The van der Waals surface area contributed by atoms with Crippen molar-refractivity contribution in [2.24, 2.45) is 0 Å². The van der Waals surface area contributed by atoms with Crippen LogP contribution < -0.4 is 9.80 Å². The van der Waals surface area contributed by atoms with E-state index in [1.807, 2.05) is 0 Å². The first-order chi connectivity index (χ1) is 19.3. The summed E-state index contributed by atoms with van der Waals surface area (Å²) in [6.07, 6.45) is 0. The summed E-state index contributed by atoms with van der Waals surface area (Å²) in [6, 6.07) is 54.3. The van der Waals surface area contributed by atoms with E-state index in [0.717, 1.165) is 22.7 Å². The molecule has 2 nitrogen and oxygen atoms in total. The third-order valence-corrected chi connectivity index (χ3v) is 7.58. The van der Waals surface area contributed by atoms with Gasteiger partial charge in [0.1, 0.15) is 0 Å². The number of nitrogens with zero attached hydrogens (tertiary/aromatic N) is 2. The number of benzene rings is 7. The van der Waals surface area contributed by atoms with Crippen molar-refractivity contribution >= 4 is 60.8 Å². The van der Waals surface area contributed by atoms with Crippen LogP contribution in [0.5, 0.6) is 0 Å². The lowest BCUT2D eigenvalue weighted by Crippen LogP contribution is -2.12. The average Bonchev–Trinajstić information content (AvgIpc) is 3.00. The number of rotatable bonds is 5. The van der Waals surface area contributed by atoms with Gasteiger partial charge in [0.25, 0.3) is 0 Å². The molecule has 0 amide bonds. The third kappa shape index (κ3) is 4.17. The van der Waals surface area contributed by atoms with E-state index >= 15 is 0 Å². The molecule has 2 heteroatoms. The summed E-state index contributed by atoms with van der Waals surface area (Å²) in [5, 5.41) is 7.49. The number of hydrogen-bond acceptors (Lipinski definition) is 2. The maximum Gasteiger partial charge on any atom is 0.0567 e. The first-order valence-corrected chi connectivity index (χ1v) is 13.3. The van der Waals surface area contributed by atoms with Crippen molar-refractivity contribution in [1.82, 2.24) is 0 Å². The summed E-state index contributed by atoms with van der Waals surface area (Å²) < 4.78 is 0. The smallest absolute Gasteiger partial charge is 0.0567 e. The summed E-state index contributed by atoms with van der Waals surface area (Å²) >= 11 is 0. The monoisotopic (exact) mass is 500 g/mol. The molecule has 0 spiro atoms. The fourth-order valence-corrected chi connectivity index (χ4v) is 5.65. The second kappa shape index (κ2) is 9.66. The Labute approximate surface area is 229 Å². The molecule has 0 radical (unpaired) electrons. The highest BCUT2D eigenvalue weighted by Crippen LogP contribution is 2.40. The van der Waals surface area contributed by atoms with E-state index in [1.54, 1.807) is 0 Å². The van der Waals surface area contributed by atoms with Gasteiger partial charge >= 0.3 is 0 Å². The van der Waals surface area contributed by atoms with Crippen molar-refractivity contribution in [3.8, 4) is 0 Å². The van der Waals surface area contributed by atoms with Crippen LogP contribution in [0.1, 0.15) is 0 Å². The summed E-state index contributed by atoms with van der Waals surface area (Å²) in [7, 11) is 2.17. The van der Waals surface area contributed by atoms with Gasteiger partial charge in [0.2, 0.25) is 0 Å². The van der Waals surface area contributed by atoms with Crippen LogP contribution >= 0.6 is 0 Å². The van der Waals surface area contributed by atoms with Gasteiger partial charge in [0, 0.05) is 40.6 Å². The topological polar surface area (TPSA) is 6.48 Å². The molecule has 39 heavy (non-hydrogen) atoms. The number of anilines is 5. The molecule has 0 saturated carbocycles. The molecule has 0 fully saturated rings. The normalized spacial score (nSPS) is 11.2. The van der Waals surface area contributed by atoms with Crippen molar-refractivity contribution in [3.05, 3.63) is 152 Å². The first-order valence-electron chi connectivity index (χ1n) is 13.3. The fourth-order valence-electron chi connectivity index (χ4n) is 5.65. The largest absolute Gasteiger partial charge is 0.344 e. The molecular weight excluding hydrogens is 472 g/mol. The predicted octanol–water partition coefficient (Wildman–Crippen LogP) is 10.4. The maximum atomic E-state index is 2.32. The van der Waals surface area contributed by atoms with Gasteiger partial charge < -0.3 is 9.80 Å². The minimum absolute atomic E-state index is 1.12. The lowest BCUT2D eigenvalue weighted by Gasteiger charge is -2.27. The minimum atomic E-state index is 1.12. The van der Waals surface area contributed by atoms with Crippen LogP contribution in [-0.4, -0.2) is 7.05 Å². The fraction of sp³-hybridized carbons (Fsp3) is 0.0270. The Morgan fingerprint density at radius 3 is 1.51 bits per heavy atom. The first kappa shape index (κ1) is 23.1. The van der Waals surface area contributed by atoms with Crippen molar-refractivity contribution in [2.45, 2.75) is 0 Å². The van der Waals surface area contributed by atoms with Gasteiger partial charge in [-0.1, -0.05) is 97.1 Å². The molecule has 0 saturated heterocycles. The van der Waals surface area contributed by atoms with Crippen molar-refractivity contribution in [3.63, 3.8) is 0 Å². The van der Waals surface area contributed by atoms with E-state index in [4.69, 9.17) is 0 Å². The van der Waals surface area contributed by atoms with Gasteiger partial charge in [-0.2, -0.15) is 0 Å². The molecule has 0 bridgehead atoms. The zero-order chi connectivity index (χ0) is 26.2. The van der Waals surface area contributed by atoms with Gasteiger partial charge in [-0.3, -0.25) is 0 Å². The van der Waals surface area contributed by atoms with Crippen LogP contribution in [0.2, 0.25) is 0 Å². The Hall–Kier alpha value is -5.08. The van der Waals surface area contributed by atoms with Crippen LogP contribution in [0.4, 0.5) is 28.4 Å². The standard InChI is InChI=1S/C37H28N2/c1-38(37-35-17-9-7-13-29(35)25-30-14-8-10-18-36(30)37)31-21-23-33(24-22-31)39(32-15-3-2-4-16-32)34-20-19-27-11-5-6-12-28(27)26-34/h2-26H,1H3. The van der Waals surface area contributed by atoms with Gasteiger partial charge in [-0.25, -0.2) is 0 Å².